The Morgan fingerprint density at radius 2 is 2.31 bits per heavy atom. The first kappa shape index (κ1) is 8.98. The van der Waals surface area contributed by atoms with Crippen LogP contribution in [0.5, 0.6) is 0 Å². The molecule has 0 aromatic heterocycles. The Balaban J connectivity index is 1.93. The summed E-state index contributed by atoms with van der Waals surface area (Å²) < 4.78 is 5.66. The van der Waals surface area contributed by atoms with E-state index in [1.165, 1.54) is 25.7 Å². The van der Waals surface area contributed by atoms with Crippen LogP contribution < -0.4 is 0 Å². The lowest BCUT2D eigenvalue weighted by molar-refractivity contribution is 0.0459. The van der Waals surface area contributed by atoms with E-state index in [1.807, 2.05) is 0 Å². The second-order valence-electron chi connectivity index (χ2n) is 3.89. The first-order chi connectivity index (χ1) is 6.42. The van der Waals surface area contributed by atoms with Crippen molar-refractivity contribution in [2.45, 2.75) is 37.8 Å². The normalized spacial score (nSPS) is 35.0. The van der Waals surface area contributed by atoms with E-state index in [1.54, 1.807) is 0 Å². The summed E-state index contributed by atoms with van der Waals surface area (Å²) in [7, 11) is 0. The van der Waals surface area contributed by atoms with Gasteiger partial charge in [-0.2, -0.15) is 5.26 Å². The van der Waals surface area contributed by atoms with E-state index in [0.717, 1.165) is 13.2 Å². The summed E-state index contributed by atoms with van der Waals surface area (Å²) in [6.07, 6.45) is 5.24. The lowest BCUT2D eigenvalue weighted by atomic mass is 10.1. The third kappa shape index (κ3) is 1.84. The molecule has 0 spiro atoms. The van der Waals surface area contributed by atoms with Crippen LogP contribution in [0.1, 0.15) is 25.7 Å². The van der Waals surface area contributed by atoms with Crippen molar-refractivity contribution in [1.29, 1.82) is 5.26 Å². The van der Waals surface area contributed by atoms with Gasteiger partial charge in [0, 0.05) is 12.6 Å². The average molecular weight is 180 g/mol. The van der Waals surface area contributed by atoms with Crippen LogP contribution >= 0.6 is 0 Å². The van der Waals surface area contributed by atoms with E-state index in [9.17, 15) is 0 Å². The molecule has 2 rings (SSSR count). The zero-order valence-corrected chi connectivity index (χ0v) is 7.91. The second-order valence-corrected chi connectivity index (χ2v) is 3.89. The molecule has 0 aliphatic carbocycles. The van der Waals surface area contributed by atoms with Crippen molar-refractivity contribution in [3.63, 3.8) is 0 Å². The topological polar surface area (TPSA) is 36.3 Å². The number of likely N-dealkylation sites (tertiary alicyclic amines) is 1. The van der Waals surface area contributed by atoms with Crippen LogP contribution in [0.25, 0.3) is 0 Å². The fourth-order valence-electron chi connectivity index (χ4n) is 2.47. The number of hydrogen-bond donors (Lipinski definition) is 0. The molecular weight excluding hydrogens is 164 g/mol. The minimum atomic E-state index is 0.413. The molecule has 3 nitrogen and oxygen atoms in total. The Hall–Kier alpha value is -0.590. The molecule has 2 aliphatic heterocycles. The Labute approximate surface area is 79.3 Å². The predicted octanol–water partition coefficient (Wildman–Crippen LogP) is 1.15. The molecule has 3 heteroatoms. The molecular formula is C10H16N2O. The average Bonchev–Trinajstić information content (AvgIpc) is 2.71. The molecule has 0 aromatic carbocycles. The molecule has 0 bridgehead atoms. The van der Waals surface area contributed by atoms with E-state index < -0.39 is 0 Å². The molecule has 13 heavy (non-hydrogen) atoms. The van der Waals surface area contributed by atoms with Crippen molar-refractivity contribution >= 4 is 0 Å². The van der Waals surface area contributed by atoms with E-state index in [-0.39, 0.29) is 0 Å². The monoisotopic (exact) mass is 180 g/mol. The van der Waals surface area contributed by atoms with Crippen molar-refractivity contribution < 1.29 is 4.74 Å². The Morgan fingerprint density at radius 3 is 3.00 bits per heavy atom. The fourth-order valence-corrected chi connectivity index (χ4v) is 2.47. The summed E-state index contributed by atoms with van der Waals surface area (Å²) in [6, 6.07) is 2.76. The van der Waals surface area contributed by atoms with Gasteiger partial charge in [-0.1, -0.05) is 0 Å². The highest BCUT2D eigenvalue weighted by molar-refractivity contribution is 4.91. The molecule has 2 aliphatic rings. The molecule has 0 radical (unpaired) electrons. The van der Waals surface area contributed by atoms with E-state index in [0.29, 0.717) is 18.7 Å². The van der Waals surface area contributed by atoms with Crippen molar-refractivity contribution in [2.24, 2.45) is 0 Å². The standard InChI is InChI=1S/C10H16N2O/c11-5-7-12-6-1-3-9(12)10-4-2-8-13-10/h9-10H,1-4,6-8H2. The third-order valence-corrected chi connectivity index (χ3v) is 3.08. The van der Waals surface area contributed by atoms with Gasteiger partial charge in [0.05, 0.1) is 18.7 Å². The van der Waals surface area contributed by atoms with Crippen molar-refractivity contribution in [3.8, 4) is 6.07 Å². The first-order valence-corrected chi connectivity index (χ1v) is 5.14. The summed E-state index contributed by atoms with van der Waals surface area (Å²) >= 11 is 0. The Kier molecular flexibility index (Phi) is 2.82. The Bertz CT molecular complexity index is 205. The van der Waals surface area contributed by atoms with Crippen molar-refractivity contribution in [3.05, 3.63) is 0 Å². The molecule has 2 atom stereocenters. The van der Waals surface area contributed by atoms with Gasteiger partial charge in [0.25, 0.3) is 0 Å². The SMILES string of the molecule is N#CCN1CCCC1C1CCCO1. The quantitative estimate of drug-likeness (QED) is 0.598. The summed E-state index contributed by atoms with van der Waals surface area (Å²) in [6.45, 7) is 2.57. The highest BCUT2D eigenvalue weighted by Crippen LogP contribution is 2.27. The smallest absolute Gasteiger partial charge is 0.0869 e. The lowest BCUT2D eigenvalue weighted by Crippen LogP contribution is -2.38. The largest absolute Gasteiger partial charge is 0.377 e. The van der Waals surface area contributed by atoms with E-state index in [2.05, 4.69) is 11.0 Å². The van der Waals surface area contributed by atoms with Crippen molar-refractivity contribution in [2.75, 3.05) is 19.7 Å². The zero-order valence-electron chi connectivity index (χ0n) is 7.91. The predicted molar refractivity (Wildman–Crippen MR) is 49.2 cm³/mol. The Morgan fingerprint density at radius 1 is 1.38 bits per heavy atom. The van der Waals surface area contributed by atoms with Gasteiger partial charge in [0.15, 0.2) is 0 Å². The molecule has 72 valence electrons. The molecule has 0 N–H and O–H groups in total. The van der Waals surface area contributed by atoms with Gasteiger partial charge in [0.2, 0.25) is 0 Å². The van der Waals surface area contributed by atoms with E-state index >= 15 is 0 Å². The lowest BCUT2D eigenvalue weighted by Gasteiger charge is -2.26. The second kappa shape index (κ2) is 4.08. The molecule has 2 saturated heterocycles. The minimum absolute atomic E-state index is 0.413. The molecule has 0 amide bonds. The number of nitriles is 1. The highest BCUT2D eigenvalue weighted by Gasteiger charge is 2.33. The third-order valence-electron chi connectivity index (χ3n) is 3.08. The van der Waals surface area contributed by atoms with Crippen LogP contribution in [0, 0.1) is 11.3 Å². The van der Waals surface area contributed by atoms with Gasteiger partial charge in [-0.15, -0.1) is 0 Å². The van der Waals surface area contributed by atoms with Gasteiger partial charge in [-0.25, -0.2) is 0 Å². The zero-order chi connectivity index (χ0) is 9.10. The number of ether oxygens (including phenoxy) is 1. The maximum atomic E-state index is 8.65. The molecule has 2 unspecified atom stereocenters. The van der Waals surface area contributed by atoms with Crippen LogP contribution in [0.15, 0.2) is 0 Å². The maximum Gasteiger partial charge on any atom is 0.0869 e. The van der Waals surface area contributed by atoms with Gasteiger partial charge in [-0.05, 0) is 32.2 Å². The summed E-state index contributed by atoms with van der Waals surface area (Å²) in [5.74, 6) is 0. The fraction of sp³-hybridized carbons (Fsp3) is 0.900. The van der Waals surface area contributed by atoms with Crippen LogP contribution in [-0.2, 0) is 4.74 Å². The summed E-state index contributed by atoms with van der Waals surface area (Å²) in [5.41, 5.74) is 0. The van der Waals surface area contributed by atoms with Gasteiger partial charge >= 0.3 is 0 Å². The summed E-state index contributed by atoms with van der Waals surface area (Å²) in [4.78, 5) is 2.27. The molecule has 0 aromatic rings. The number of hydrogen-bond acceptors (Lipinski definition) is 3. The van der Waals surface area contributed by atoms with Crippen LogP contribution in [0.3, 0.4) is 0 Å². The molecule has 2 fully saturated rings. The molecule has 2 heterocycles. The van der Waals surface area contributed by atoms with Gasteiger partial charge in [-0.3, -0.25) is 4.90 Å². The minimum Gasteiger partial charge on any atom is -0.377 e. The van der Waals surface area contributed by atoms with Crippen LogP contribution in [0.4, 0.5) is 0 Å². The maximum absolute atomic E-state index is 8.65. The van der Waals surface area contributed by atoms with Crippen molar-refractivity contribution in [1.82, 2.24) is 4.90 Å². The van der Waals surface area contributed by atoms with E-state index in [4.69, 9.17) is 10.00 Å². The number of rotatable bonds is 2. The van der Waals surface area contributed by atoms with Gasteiger partial charge < -0.3 is 4.74 Å². The first-order valence-electron chi connectivity index (χ1n) is 5.14. The van der Waals surface area contributed by atoms with Crippen LogP contribution in [-0.4, -0.2) is 36.7 Å². The highest BCUT2D eigenvalue weighted by atomic mass is 16.5. The molecule has 0 saturated carbocycles. The number of nitrogens with zero attached hydrogens (tertiary/aromatic N) is 2. The van der Waals surface area contributed by atoms with Crippen LogP contribution in [0.2, 0.25) is 0 Å². The van der Waals surface area contributed by atoms with Gasteiger partial charge in [0.1, 0.15) is 0 Å². The summed E-state index contributed by atoms with van der Waals surface area (Å²) in [5, 5.41) is 8.65.